The maximum atomic E-state index is 13.1. The van der Waals surface area contributed by atoms with E-state index in [1.165, 1.54) is 9.13 Å². The van der Waals surface area contributed by atoms with Gasteiger partial charge < -0.3 is 34.2 Å². The normalized spacial score (nSPS) is 12.2. The van der Waals surface area contributed by atoms with Gasteiger partial charge in [-0.3, -0.25) is 23.5 Å². The van der Waals surface area contributed by atoms with E-state index in [0.717, 1.165) is 11.0 Å². The Labute approximate surface area is 352 Å². The van der Waals surface area contributed by atoms with E-state index in [1.54, 1.807) is 24.3 Å². The molecule has 0 saturated heterocycles. The van der Waals surface area contributed by atoms with Gasteiger partial charge in [-0.05, 0) is 68.7 Å². The average molecular weight is 858 g/mol. The number of nitrogens with zero attached hydrogens (tertiary/aromatic N) is 6. The molecule has 0 radical (unpaired) electrons. The lowest BCUT2D eigenvalue weighted by molar-refractivity contribution is -0.124. The van der Waals surface area contributed by atoms with Gasteiger partial charge in [0.2, 0.25) is 11.3 Å². The predicted octanol–water partition coefficient (Wildman–Crippen LogP) is 2.48. The van der Waals surface area contributed by atoms with Crippen LogP contribution in [0.15, 0.2) is 74.7 Å². The molecule has 324 valence electrons. The van der Waals surface area contributed by atoms with E-state index in [-0.39, 0.29) is 55.6 Å². The molecule has 1 aliphatic carbocycles. The van der Waals surface area contributed by atoms with Gasteiger partial charge >= 0.3 is 5.69 Å². The standard InChI is InChI=1S/C42H51N9O9S/c1-5-20-50-40-38(41(54)51(21-6-2)42(50)55)46-39(47-40)28-9-13-31(14-10-28)59-27-37(53)44-19-18-43-36(52)17-23-48(4)29-11-15-32-34(25-29)60-35-26-30(12-16-33(35)45-32)49(7-3)22-8-24-61(56,57)58/h9-16,25-26H,5-8,17-24,27H2,1-4H3,(H3-,43,44,46,47,52,53,54,56,57,58). The Morgan fingerprint density at radius 2 is 1.66 bits per heavy atom. The number of rotatable bonds is 20. The van der Waals surface area contributed by atoms with Crippen LogP contribution in [0.4, 0.5) is 5.69 Å². The molecule has 2 amide bonds. The molecule has 0 fully saturated rings. The number of benzene rings is 3. The van der Waals surface area contributed by atoms with E-state index in [0.29, 0.717) is 90.9 Å². The fourth-order valence-corrected chi connectivity index (χ4v) is 7.37. The number of carbonyl (C=O) groups is 2. The van der Waals surface area contributed by atoms with Crippen LogP contribution in [-0.4, -0.2) is 101 Å². The van der Waals surface area contributed by atoms with Crippen molar-refractivity contribution in [2.75, 3.05) is 57.0 Å². The van der Waals surface area contributed by atoms with Crippen LogP contribution >= 0.6 is 0 Å². The van der Waals surface area contributed by atoms with E-state index in [9.17, 15) is 32.1 Å². The predicted molar refractivity (Wildman–Crippen MR) is 231 cm³/mol. The van der Waals surface area contributed by atoms with Crippen molar-refractivity contribution in [3.05, 3.63) is 86.9 Å². The second kappa shape index (κ2) is 19.8. The zero-order valence-electron chi connectivity index (χ0n) is 34.7. The Bertz CT molecular complexity index is 2790. The van der Waals surface area contributed by atoms with Crippen LogP contribution in [0.5, 0.6) is 5.75 Å². The summed E-state index contributed by atoms with van der Waals surface area (Å²) in [6.45, 7) is 8.20. The summed E-state index contributed by atoms with van der Waals surface area (Å²) in [5.74, 6) is 0.478. The Balaban J connectivity index is 0.964. The summed E-state index contributed by atoms with van der Waals surface area (Å²) in [6.07, 6.45) is 1.78. The van der Waals surface area contributed by atoms with Gasteiger partial charge in [-0.1, -0.05) is 13.8 Å². The van der Waals surface area contributed by atoms with Crippen molar-refractivity contribution in [1.82, 2.24) is 39.3 Å². The summed E-state index contributed by atoms with van der Waals surface area (Å²) in [6, 6.07) is 18.1. The Kier molecular flexibility index (Phi) is 14.4. The van der Waals surface area contributed by atoms with Gasteiger partial charge in [0.05, 0.1) is 22.6 Å². The summed E-state index contributed by atoms with van der Waals surface area (Å²) in [4.78, 5) is 65.5. The minimum absolute atomic E-state index is 0.179. The van der Waals surface area contributed by atoms with E-state index in [1.807, 2.05) is 73.7 Å². The number of ether oxygens (including phenoxy) is 1. The largest absolute Gasteiger partial charge is 0.748 e. The molecule has 3 N–H and O–H groups in total. The van der Waals surface area contributed by atoms with Crippen molar-refractivity contribution < 1.29 is 31.7 Å². The topological polar surface area (TPSA) is 230 Å². The third-order valence-electron chi connectivity index (χ3n) is 10.1. The molecular weight excluding hydrogens is 807 g/mol. The molecule has 0 bridgehead atoms. The molecule has 18 nitrogen and oxygen atoms in total. The fourth-order valence-electron chi connectivity index (χ4n) is 6.89. The summed E-state index contributed by atoms with van der Waals surface area (Å²) >= 11 is 0. The van der Waals surface area contributed by atoms with E-state index in [4.69, 9.17) is 14.1 Å². The van der Waals surface area contributed by atoms with Gasteiger partial charge in [-0.2, -0.15) is 0 Å². The second-order valence-corrected chi connectivity index (χ2v) is 16.1. The Morgan fingerprint density at radius 3 is 2.36 bits per heavy atom. The molecule has 0 spiro atoms. The van der Waals surface area contributed by atoms with Gasteiger partial charge in [0.15, 0.2) is 30.1 Å². The van der Waals surface area contributed by atoms with E-state index in [2.05, 4.69) is 20.6 Å². The monoisotopic (exact) mass is 857 g/mol. The molecule has 1 aliphatic heterocycles. The quantitative estimate of drug-likeness (QED) is 0.0436. The first-order chi connectivity index (χ1) is 29.3. The molecular formula is C42H51N9O9S. The van der Waals surface area contributed by atoms with Crippen LogP contribution in [0.25, 0.3) is 45.1 Å². The van der Waals surface area contributed by atoms with Gasteiger partial charge in [0, 0.05) is 68.4 Å². The third kappa shape index (κ3) is 11.1. The number of aromatic nitrogens is 5. The molecule has 0 unspecified atom stereocenters. The highest BCUT2D eigenvalue weighted by Gasteiger charge is 2.18. The zero-order chi connectivity index (χ0) is 43.7. The number of hydrogen-bond donors (Lipinski definition) is 3. The summed E-state index contributed by atoms with van der Waals surface area (Å²) in [5.41, 5.74) is 3.19. The van der Waals surface area contributed by atoms with Crippen molar-refractivity contribution >= 4 is 49.9 Å². The highest BCUT2D eigenvalue weighted by Crippen LogP contribution is 2.27. The van der Waals surface area contributed by atoms with Crippen molar-refractivity contribution in [3.8, 4) is 28.6 Å². The van der Waals surface area contributed by atoms with Crippen molar-refractivity contribution in [3.63, 3.8) is 0 Å². The van der Waals surface area contributed by atoms with E-state index < -0.39 is 21.4 Å². The minimum atomic E-state index is -4.28. The lowest BCUT2D eigenvalue weighted by atomic mass is 10.2. The molecule has 3 heterocycles. The molecule has 2 aromatic carbocycles. The van der Waals surface area contributed by atoms with Gasteiger partial charge in [0.25, 0.3) is 11.5 Å². The molecule has 2 aromatic heterocycles. The van der Waals surface area contributed by atoms with Crippen LogP contribution in [0.3, 0.4) is 0 Å². The van der Waals surface area contributed by atoms with Crippen molar-refractivity contribution in [2.45, 2.75) is 59.5 Å². The molecule has 4 aromatic rings. The number of H-pyrrole nitrogens is 1. The first kappa shape index (κ1) is 44.2. The molecule has 0 atom stereocenters. The van der Waals surface area contributed by atoms with Crippen LogP contribution in [-0.2, 0) is 32.8 Å². The number of aryl methyl sites for hydroxylation is 1. The SMILES string of the molecule is CCCn1c(=O)c2[nH]c(-c3ccc(OCC(=O)NCCNC(=O)CC[N+](C)=c4ccc5nc6ccc(N(CC)CCCS(=O)(=O)[O-])cc6oc-5c4)cc3)nc2n(CCC)c1=O. The Hall–Kier alpha value is -6.34. The number of amides is 2. The number of aromatic amines is 1. The zero-order valence-corrected chi connectivity index (χ0v) is 35.5. The first-order valence-corrected chi connectivity index (χ1v) is 21.9. The van der Waals surface area contributed by atoms with Gasteiger partial charge in [-0.15, -0.1) is 0 Å². The average Bonchev–Trinajstić information content (AvgIpc) is 3.70. The highest BCUT2D eigenvalue weighted by atomic mass is 32.2. The maximum absolute atomic E-state index is 13.1. The highest BCUT2D eigenvalue weighted by molar-refractivity contribution is 7.85. The van der Waals surface area contributed by atoms with Crippen molar-refractivity contribution in [2.24, 2.45) is 0 Å². The fraction of sp³-hybridized carbons (Fsp3) is 0.405. The number of anilines is 1. The number of fused-ring (bicyclic) bond motifs is 3. The molecule has 61 heavy (non-hydrogen) atoms. The number of imidazole rings is 1. The summed E-state index contributed by atoms with van der Waals surface area (Å²) in [5, 5.41) is 6.37. The first-order valence-electron chi connectivity index (χ1n) is 20.4. The number of hydrogen-bond acceptors (Lipinski definition) is 12. The molecule has 0 saturated carbocycles. The molecule has 19 heteroatoms. The maximum Gasteiger partial charge on any atom is 0.332 e. The smallest absolute Gasteiger partial charge is 0.332 e. The van der Waals surface area contributed by atoms with Crippen LogP contribution in [0.1, 0.15) is 46.5 Å². The lowest BCUT2D eigenvalue weighted by Gasteiger charge is -2.23. The van der Waals surface area contributed by atoms with Crippen LogP contribution in [0.2, 0.25) is 0 Å². The van der Waals surface area contributed by atoms with Crippen molar-refractivity contribution in [1.29, 1.82) is 0 Å². The third-order valence-corrected chi connectivity index (χ3v) is 10.8. The van der Waals surface area contributed by atoms with E-state index >= 15 is 0 Å². The molecule has 6 rings (SSSR count). The summed E-state index contributed by atoms with van der Waals surface area (Å²) in [7, 11) is -2.41. The lowest BCUT2D eigenvalue weighted by Crippen LogP contribution is -2.40. The van der Waals surface area contributed by atoms with Gasteiger partial charge in [-0.25, -0.2) is 27.8 Å². The van der Waals surface area contributed by atoms with Crippen LogP contribution < -0.4 is 41.5 Å². The summed E-state index contributed by atoms with van der Waals surface area (Å²) < 4.78 is 49.7. The van der Waals surface area contributed by atoms with Gasteiger partial charge in [0.1, 0.15) is 35.3 Å². The van der Waals surface area contributed by atoms with Crippen LogP contribution in [0, 0.1) is 0 Å². The number of nitrogens with one attached hydrogen (secondary N) is 3. The second-order valence-electron chi connectivity index (χ2n) is 14.6. The molecule has 2 aliphatic rings. The minimum Gasteiger partial charge on any atom is -0.748 e. The number of carbonyl (C=O) groups excluding carboxylic acids is 2. The Morgan fingerprint density at radius 1 is 0.934 bits per heavy atom.